The first kappa shape index (κ1) is 12.6. The van der Waals surface area contributed by atoms with Crippen molar-refractivity contribution in [3.8, 4) is 0 Å². The number of carbonyl (C=O) groups is 1. The molecule has 7 heteroatoms. The van der Waals surface area contributed by atoms with Crippen molar-refractivity contribution in [1.82, 2.24) is 0 Å². The Kier molecular flexibility index (Phi) is 3.38. The van der Waals surface area contributed by atoms with Crippen LogP contribution in [0.5, 0.6) is 0 Å². The standard InChI is InChI=1S/C11H12ClN3O3/c12-5-7-3-11(16)14(6-7)10-2-1-8(15(17)18)4-9(10)13/h1-2,4,7H,3,5-6,13H2. The van der Waals surface area contributed by atoms with Gasteiger partial charge in [-0.15, -0.1) is 11.6 Å². The van der Waals surface area contributed by atoms with Gasteiger partial charge in [-0.3, -0.25) is 14.9 Å². The normalized spacial score (nSPS) is 19.3. The number of hydrogen-bond donors (Lipinski definition) is 1. The SMILES string of the molecule is Nc1cc([N+](=O)[O-])ccc1N1CC(CCl)CC1=O. The van der Waals surface area contributed by atoms with Gasteiger partial charge in [0.25, 0.3) is 5.69 Å². The van der Waals surface area contributed by atoms with E-state index in [2.05, 4.69) is 0 Å². The second-order valence-electron chi connectivity index (χ2n) is 4.23. The molecule has 1 heterocycles. The molecule has 1 unspecified atom stereocenters. The van der Waals surface area contributed by atoms with Crippen LogP contribution in [-0.4, -0.2) is 23.3 Å². The number of nitro groups is 1. The van der Waals surface area contributed by atoms with Gasteiger partial charge in [0.1, 0.15) is 0 Å². The zero-order valence-electron chi connectivity index (χ0n) is 9.51. The summed E-state index contributed by atoms with van der Waals surface area (Å²) in [6.45, 7) is 0.504. The van der Waals surface area contributed by atoms with Crippen molar-refractivity contribution in [1.29, 1.82) is 0 Å². The highest BCUT2D eigenvalue weighted by Crippen LogP contribution is 2.32. The van der Waals surface area contributed by atoms with E-state index >= 15 is 0 Å². The van der Waals surface area contributed by atoms with Crippen LogP contribution in [0.1, 0.15) is 6.42 Å². The molecule has 18 heavy (non-hydrogen) atoms. The van der Waals surface area contributed by atoms with E-state index in [4.69, 9.17) is 17.3 Å². The Labute approximate surface area is 108 Å². The van der Waals surface area contributed by atoms with Crippen LogP contribution in [0.25, 0.3) is 0 Å². The van der Waals surface area contributed by atoms with E-state index in [1.165, 1.54) is 23.1 Å². The van der Waals surface area contributed by atoms with Crippen molar-refractivity contribution in [2.24, 2.45) is 5.92 Å². The van der Waals surface area contributed by atoms with Gasteiger partial charge >= 0.3 is 0 Å². The van der Waals surface area contributed by atoms with Gasteiger partial charge in [0.15, 0.2) is 0 Å². The summed E-state index contributed by atoms with van der Waals surface area (Å²) >= 11 is 5.73. The highest BCUT2D eigenvalue weighted by molar-refractivity contribution is 6.18. The third-order valence-electron chi connectivity index (χ3n) is 2.94. The molecule has 1 saturated heterocycles. The van der Waals surface area contributed by atoms with Crippen molar-refractivity contribution >= 4 is 34.6 Å². The van der Waals surface area contributed by atoms with E-state index in [0.29, 0.717) is 24.5 Å². The molecule has 0 radical (unpaired) electrons. The van der Waals surface area contributed by atoms with Crippen LogP contribution in [0.15, 0.2) is 18.2 Å². The Morgan fingerprint density at radius 3 is 2.78 bits per heavy atom. The quantitative estimate of drug-likeness (QED) is 0.392. The lowest BCUT2D eigenvalue weighted by Crippen LogP contribution is -2.25. The van der Waals surface area contributed by atoms with Crippen LogP contribution in [0.4, 0.5) is 17.1 Å². The number of nitrogens with two attached hydrogens (primary N) is 1. The van der Waals surface area contributed by atoms with Crippen molar-refractivity contribution in [2.45, 2.75) is 6.42 Å². The Bertz CT molecular complexity index is 506. The number of alkyl halides is 1. The summed E-state index contributed by atoms with van der Waals surface area (Å²) in [6, 6.07) is 4.10. The second-order valence-corrected chi connectivity index (χ2v) is 4.54. The Balaban J connectivity index is 2.29. The monoisotopic (exact) mass is 269 g/mol. The van der Waals surface area contributed by atoms with Gasteiger partial charge in [0.2, 0.25) is 5.91 Å². The molecule has 1 aliphatic rings. The largest absolute Gasteiger partial charge is 0.397 e. The number of nitro benzene ring substituents is 1. The highest BCUT2D eigenvalue weighted by atomic mass is 35.5. The average molecular weight is 270 g/mol. The molecular formula is C11H12ClN3O3. The van der Waals surface area contributed by atoms with Crippen LogP contribution in [-0.2, 0) is 4.79 Å². The lowest BCUT2D eigenvalue weighted by atomic mass is 10.1. The van der Waals surface area contributed by atoms with E-state index in [1.807, 2.05) is 0 Å². The molecule has 1 aromatic rings. The average Bonchev–Trinajstić information content (AvgIpc) is 2.70. The zero-order chi connectivity index (χ0) is 13.3. The van der Waals surface area contributed by atoms with Gasteiger partial charge in [-0.1, -0.05) is 0 Å². The number of amides is 1. The minimum Gasteiger partial charge on any atom is -0.397 e. The predicted molar refractivity (Wildman–Crippen MR) is 68.7 cm³/mol. The molecular weight excluding hydrogens is 258 g/mol. The molecule has 0 spiro atoms. The molecule has 1 aromatic carbocycles. The van der Waals surface area contributed by atoms with Gasteiger partial charge in [0, 0.05) is 31.0 Å². The molecule has 1 atom stereocenters. The number of anilines is 2. The molecule has 0 aliphatic carbocycles. The fourth-order valence-corrected chi connectivity index (χ4v) is 2.23. The Morgan fingerprint density at radius 1 is 1.56 bits per heavy atom. The number of non-ortho nitro benzene ring substituents is 1. The lowest BCUT2D eigenvalue weighted by molar-refractivity contribution is -0.384. The number of carbonyl (C=O) groups excluding carboxylic acids is 1. The first-order chi connectivity index (χ1) is 8.52. The molecule has 96 valence electrons. The van der Waals surface area contributed by atoms with Gasteiger partial charge in [-0.05, 0) is 12.0 Å². The van der Waals surface area contributed by atoms with Crippen LogP contribution in [0.3, 0.4) is 0 Å². The fraction of sp³-hybridized carbons (Fsp3) is 0.364. The summed E-state index contributed by atoms with van der Waals surface area (Å²) in [7, 11) is 0. The maximum Gasteiger partial charge on any atom is 0.271 e. The third-order valence-corrected chi connectivity index (χ3v) is 3.37. The molecule has 2 rings (SSSR count). The van der Waals surface area contributed by atoms with Crippen LogP contribution in [0, 0.1) is 16.0 Å². The predicted octanol–water partition coefficient (Wildman–Crippen LogP) is 1.77. The molecule has 0 aromatic heterocycles. The van der Waals surface area contributed by atoms with Crippen molar-refractivity contribution in [3.63, 3.8) is 0 Å². The maximum absolute atomic E-state index is 11.8. The number of halogens is 1. The fourth-order valence-electron chi connectivity index (χ4n) is 2.02. The number of nitrogens with zero attached hydrogens (tertiary/aromatic N) is 2. The van der Waals surface area contributed by atoms with Gasteiger partial charge in [0.05, 0.1) is 16.3 Å². The molecule has 0 bridgehead atoms. The Hall–Kier alpha value is -1.82. The summed E-state index contributed by atoms with van der Waals surface area (Å²) in [5.74, 6) is 0.463. The van der Waals surface area contributed by atoms with Crippen LogP contribution in [0.2, 0.25) is 0 Å². The van der Waals surface area contributed by atoms with E-state index in [1.54, 1.807) is 0 Å². The van der Waals surface area contributed by atoms with Crippen molar-refractivity contribution in [2.75, 3.05) is 23.1 Å². The Morgan fingerprint density at radius 2 is 2.28 bits per heavy atom. The minimum absolute atomic E-state index is 0.0544. The van der Waals surface area contributed by atoms with Crippen LogP contribution >= 0.6 is 11.6 Å². The third kappa shape index (κ3) is 2.24. The number of rotatable bonds is 3. The van der Waals surface area contributed by atoms with E-state index in [-0.39, 0.29) is 23.2 Å². The van der Waals surface area contributed by atoms with E-state index in [9.17, 15) is 14.9 Å². The zero-order valence-corrected chi connectivity index (χ0v) is 10.3. The van der Waals surface area contributed by atoms with E-state index < -0.39 is 4.92 Å². The molecule has 0 saturated carbocycles. The summed E-state index contributed by atoms with van der Waals surface area (Å²) in [6.07, 6.45) is 0.389. The summed E-state index contributed by atoms with van der Waals surface area (Å²) in [4.78, 5) is 23.4. The van der Waals surface area contributed by atoms with E-state index in [0.717, 1.165) is 0 Å². The second kappa shape index (κ2) is 4.81. The summed E-state index contributed by atoms with van der Waals surface area (Å²) in [5.41, 5.74) is 6.41. The molecule has 2 N–H and O–H groups in total. The number of benzene rings is 1. The molecule has 1 amide bonds. The lowest BCUT2D eigenvalue weighted by Gasteiger charge is -2.18. The topological polar surface area (TPSA) is 89.5 Å². The van der Waals surface area contributed by atoms with Gasteiger partial charge in [-0.25, -0.2) is 0 Å². The van der Waals surface area contributed by atoms with Gasteiger partial charge in [-0.2, -0.15) is 0 Å². The van der Waals surface area contributed by atoms with Crippen molar-refractivity contribution < 1.29 is 9.72 Å². The van der Waals surface area contributed by atoms with Crippen molar-refractivity contribution in [3.05, 3.63) is 28.3 Å². The molecule has 6 nitrogen and oxygen atoms in total. The summed E-state index contributed by atoms with van der Waals surface area (Å²) in [5, 5.41) is 10.6. The number of hydrogen-bond acceptors (Lipinski definition) is 4. The summed E-state index contributed by atoms with van der Waals surface area (Å²) < 4.78 is 0. The van der Waals surface area contributed by atoms with Gasteiger partial charge < -0.3 is 10.6 Å². The molecule has 1 fully saturated rings. The van der Waals surface area contributed by atoms with Crippen LogP contribution < -0.4 is 10.6 Å². The smallest absolute Gasteiger partial charge is 0.271 e. The first-order valence-electron chi connectivity index (χ1n) is 5.43. The number of nitrogen functional groups attached to an aromatic ring is 1. The maximum atomic E-state index is 11.8. The molecule has 1 aliphatic heterocycles. The highest BCUT2D eigenvalue weighted by Gasteiger charge is 2.31. The minimum atomic E-state index is -0.520. The first-order valence-corrected chi connectivity index (χ1v) is 5.96.